The first kappa shape index (κ1) is 16.8. The van der Waals surface area contributed by atoms with Crippen LogP contribution >= 0.6 is 22.9 Å². The van der Waals surface area contributed by atoms with Gasteiger partial charge in [0.25, 0.3) is 5.56 Å². The van der Waals surface area contributed by atoms with Crippen molar-refractivity contribution in [3.63, 3.8) is 0 Å². The Kier molecular flexibility index (Phi) is 4.44. The quantitative estimate of drug-likeness (QED) is 0.542. The highest BCUT2D eigenvalue weighted by Gasteiger charge is 2.12. The number of nitrogens with zero attached hydrogens (tertiary/aromatic N) is 3. The van der Waals surface area contributed by atoms with Gasteiger partial charge in [0.2, 0.25) is 4.96 Å². The van der Waals surface area contributed by atoms with Crippen LogP contribution in [0, 0.1) is 0 Å². The third-order valence-electron chi connectivity index (χ3n) is 3.77. The van der Waals surface area contributed by atoms with Gasteiger partial charge in [-0.15, -0.1) is 5.10 Å². The summed E-state index contributed by atoms with van der Waals surface area (Å²) in [6.45, 7) is 2.55. The first-order valence-electron chi connectivity index (χ1n) is 8.04. The highest BCUT2D eigenvalue weighted by atomic mass is 35.5. The average molecular weight is 384 g/mol. The van der Waals surface area contributed by atoms with E-state index in [9.17, 15) is 4.79 Å². The minimum absolute atomic E-state index is 0.176. The molecule has 0 saturated heterocycles. The molecule has 0 radical (unpaired) electrons. The molecule has 0 amide bonds. The summed E-state index contributed by atoms with van der Waals surface area (Å²) in [7, 11) is 0. The number of rotatable bonds is 4. The molecule has 0 atom stereocenters. The standard InChI is InChI=1S/C19H14ClN3O2S/c1-2-25-15-9-5-13(6-10-15)17-21-19-23(22-17)18(24)16(26-19)11-12-3-7-14(20)8-4-12/h3-11H,2H2,1H3. The van der Waals surface area contributed by atoms with Gasteiger partial charge >= 0.3 is 0 Å². The number of hydrogen-bond donors (Lipinski definition) is 0. The molecule has 0 N–H and O–H groups in total. The fourth-order valence-corrected chi connectivity index (χ4v) is 3.57. The highest BCUT2D eigenvalue weighted by Crippen LogP contribution is 2.20. The summed E-state index contributed by atoms with van der Waals surface area (Å²) < 4.78 is 7.36. The summed E-state index contributed by atoms with van der Waals surface area (Å²) in [6.07, 6.45) is 1.82. The van der Waals surface area contributed by atoms with E-state index >= 15 is 0 Å². The fourth-order valence-electron chi connectivity index (χ4n) is 2.53. The molecule has 0 aliphatic carbocycles. The van der Waals surface area contributed by atoms with Crippen LogP contribution in [0.5, 0.6) is 5.75 Å². The van der Waals surface area contributed by atoms with E-state index in [1.165, 1.54) is 15.9 Å². The van der Waals surface area contributed by atoms with Crippen LogP contribution in [0.15, 0.2) is 53.3 Å². The summed E-state index contributed by atoms with van der Waals surface area (Å²) in [5, 5.41) is 5.02. The molecule has 0 bridgehead atoms. The molecular formula is C19H14ClN3O2S. The normalized spacial score (nSPS) is 12.0. The van der Waals surface area contributed by atoms with Gasteiger partial charge < -0.3 is 4.74 Å². The van der Waals surface area contributed by atoms with Crippen LogP contribution in [0.1, 0.15) is 12.5 Å². The monoisotopic (exact) mass is 383 g/mol. The fraction of sp³-hybridized carbons (Fsp3) is 0.105. The van der Waals surface area contributed by atoms with E-state index in [0.29, 0.717) is 26.9 Å². The Balaban J connectivity index is 1.71. The van der Waals surface area contributed by atoms with Crippen LogP contribution in [0.4, 0.5) is 0 Å². The van der Waals surface area contributed by atoms with Gasteiger partial charge in [-0.2, -0.15) is 9.50 Å². The average Bonchev–Trinajstić information content (AvgIpc) is 3.18. The summed E-state index contributed by atoms with van der Waals surface area (Å²) in [5.41, 5.74) is 1.57. The third kappa shape index (κ3) is 3.21. The largest absolute Gasteiger partial charge is 0.494 e. The minimum Gasteiger partial charge on any atom is -0.494 e. The van der Waals surface area contributed by atoms with E-state index in [0.717, 1.165) is 16.9 Å². The lowest BCUT2D eigenvalue weighted by atomic mass is 10.2. The van der Waals surface area contributed by atoms with Crippen molar-refractivity contribution >= 4 is 34.0 Å². The molecule has 130 valence electrons. The van der Waals surface area contributed by atoms with Gasteiger partial charge in [0, 0.05) is 10.6 Å². The van der Waals surface area contributed by atoms with Gasteiger partial charge in [0.1, 0.15) is 5.75 Å². The van der Waals surface area contributed by atoms with Gasteiger partial charge in [0.15, 0.2) is 5.82 Å². The summed E-state index contributed by atoms with van der Waals surface area (Å²) in [5.74, 6) is 1.32. The first-order chi connectivity index (χ1) is 12.6. The molecule has 2 aromatic carbocycles. The Hall–Kier alpha value is -2.70. The molecule has 0 unspecified atom stereocenters. The third-order valence-corrected chi connectivity index (χ3v) is 4.98. The van der Waals surface area contributed by atoms with Crippen LogP contribution in [0.25, 0.3) is 22.4 Å². The SMILES string of the molecule is CCOc1ccc(-c2nc3sc(=Cc4ccc(Cl)cc4)c(=O)n3n2)cc1. The number of halogens is 1. The highest BCUT2D eigenvalue weighted by molar-refractivity contribution is 7.15. The topological polar surface area (TPSA) is 56.5 Å². The Labute approximate surface area is 158 Å². The summed E-state index contributed by atoms with van der Waals surface area (Å²) >= 11 is 7.20. The van der Waals surface area contributed by atoms with Gasteiger partial charge in [-0.25, -0.2) is 0 Å². The zero-order valence-corrected chi connectivity index (χ0v) is 15.4. The van der Waals surface area contributed by atoms with Crippen molar-refractivity contribution < 1.29 is 4.74 Å². The number of thiazole rings is 1. The van der Waals surface area contributed by atoms with Crippen molar-refractivity contribution in [2.75, 3.05) is 6.61 Å². The lowest BCUT2D eigenvalue weighted by Gasteiger charge is -2.02. The molecule has 5 nitrogen and oxygen atoms in total. The Morgan fingerprint density at radius 2 is 1.88 bits per heavy atom. The maximum Gasteiger partial charge on any atom is 0.291 e. The lowest BCUT2D eigenvalue weighted by molar-refractivity contribution is 0.340. The Morgan fingerprint density at radius 1 is 1.15 bits per heavy atom. The second kappa shape index (κ2) is 6.90. The van der Waals surface area contributed by atoms with Crippen LogP contribution < -0.4 is 14.8 Å². The predicted molar refractivity (Wildman–Crippen MR) is 104 cm³/mol. The van der Waals surface area contributed by atoms with Gasteiger partial charge in [-0.1, -0.05) is 35.1 Å². The molecule has 2 heterocycles. The van der Waals surface area contributed by atoms with Crippen molar-refractivity contribution in [3.8, 4) is 17.1 Å². The number of aromatic nitrogens is 3. The van der Waals surface area contributed by atoms with Gasteiger partial charge in [-0.3, -0.25) is 4.79 Å². The maximum absolute atomic E-state index is 12.6. The molecule has 7 heteroatoms. The second-order valence-electron chi connectivity index (χ2n) is 5.55. The summed E-state index contributed by atoms with van der Waals surface area (Å²) in [4.78, 5) is 17.6. The van der Waals surface area contributed by atoms with Crippen LogP contribution in [-0.2, 0) is 0 Å². The van der Waals surface area contributed by atoms with Crippen LogP contribution in [-0.4, -0.2) is 21.2 Å². The van der Waals surface area contributed by atoms with Gasteiger partial charge in [-0.05, 0) is 55.0 Å². The second-order valence-corrected chi connectivity index (χ2v) is 7.00. The van der Waals surface area contributed by atoms with E-state index in [-0.39, 0.29) is 5.56 Å². The summed E-state index contributed by atoms with van der Waals surface area (Å²) in [6, 6.07) is 14.8. The molecule has 0 aliphatic heterocycles. The van der Waals surface area contributed by atoms with E-state index < -0.39 is 0 Å². The molecule has 26 heavy (non-hydrogen) atoms. The molecule has 2 aromatic heterocycles. The molecule has 4 rings (SSSR count). The van der Waals surface area contributed by atoms with Crippen molar-refractivity contribution in [2.24, 2.45) is 0 Å². The number of hydrogen-bond acceptors (Lipinski definition) is 5. The van der Waals surface area contributed by atoms with E-state index in [4.69, 9.17) is 16.3 Å². The lowest BCUT2D eigenvalue weighted by Crippen LogP contribution is -2.23. The molecular weight excluding hydrogens is 370 g/mol. The maximum atomic E-state index is 12.6. The zero-order valence-electron chi connectivity index (χ0n) is 13.8. The minimum atomic E-state index is -0.176. The number of benzene rings is 2. The van der Waals surface area contributed by atoms with Crippen molar-refractivity contribution in [1.29, 1.82) is 0 Å². The zero-order chi connectivity index (χ0) is 18.1. The molecule has 4 aromatic rings. The molecule has 0 spiro atoms. The Bertz CT molecular complexity index is 1160. The first-order valence-corrected chi connectivity index (χ1v) is 9.23. The van der Waals surface area contributed by atoms with Crippen molar-refractivity contribution in [2.45, 2.75) is 6.92 Å². The van der Waals surface area contributed by atoms with Crippen LogP contribution in [0.2, 0.25) is 5.02 Å². The predicted octanol–water partition coefficient (Wildman–Crippen LogP) is 3.42. The van der Waals surface area contributed by atoms with E-state index in [1.54, 1.807) is 12.1 Å². The molecule has 0 aliphatic rings. The van der Waals surface area contributed by atoms with E-state index in [1.807, 2.05) is 49.4 Å². The van der Waals surface area contributed by atoms with Gasteiger partial charge in [0.05, 0.1) is 11.1 Å². The number of fused-ring (bicyclic) bond motifs is 1. The Morgan fingerprint density at radius 3 is 2.54 bits per heavy atom. The number of ether oxygens (including phenoxy) is 1. The van der Waals surface area contributed by atoms with E-state index in [2.05, 4.69) is 10.1 Å². The van der Waals surface area contributed by atoms with Crippen molar-refractivity contribution in [3.05, 3.63) is 74.0 Å². The van der Waals surface area contributed by atoms with Crippen molar-refractivity contribution in [1.82, 2.24) is 14.6 Å². The van der Waals surface area contributed by atoms with Crippen LogP contribution in [0.3, 0.4) is 0 Å². The molecule has 0 saturated carbocycles. The smallest absolute Gasteiger partial charge is 0.291 e. The molecule has 0 fully saturated rings.